The van der Waals surface area contributed by atoms with Crippen molar-refractivity contribution >= 4 is 22.2 Å². The van der Waals surface area contributed by atoms with Crippen molar-refractivity contribution < 1.29 is 34.6 Å². The van der Waals surface area contributed by atoms with Gasteiger partial charge < -0.3 is 13.6 Å². The number of oxazole rings is 2. The van der Waals surface area contributed by atoms with E-state index in [0.717, 1.165) is 11.1 Å². The molecule has 8 rings (SSSR count). The van der Waals surface area contributed by atoms with Crippen LogP contribution in [0.5, 0.6) is 11.8 Å². The maximum absolute atomic E-state index is 5.92. The Hall–Kier alpha value is -5.27. The molecule has 8 aromatic rings. The predicted octanol–water partition coefficient (Wildman–Crippen LogP) is 7.06. The molecule has 9 nitrogen and oxygen atoms in total. The van der Waals surface area contributed by atoms with Gasteiger partial charge in [-0.3, -0.25) is 9.36 Å². The van der Waals surface area contributed by atoms with Crippen LogP contribution in [0.2, 0.25) is 0 Å². The summed E-state index contributed by atoms with van der Waals surface area (Å²) in [5.74, 6) is 1.89. The molecule has 42 heavy (non-hydrogen) atoms. The Morgan fingerprint density at radius 2 is 1.05 bits per heavy atom. The Labute approximate surface area is 253 Å². The van der Waals surface area contributed by atoms with Crippen LogP contribution in [0.3, 0.4) is 0 Å². The molecule has 4 aromatic carbocycles. The number of fused-ring (bicyclic) bond motifs is 2. The van der Waals surface area contributed by atoms with Crippen LogP contribution >= 0.6 is 0 Å². The summed E-state index contributed by atoms with van der Waals surface area (Å²) < 4.78 is 21.0. The standard InChI is InChI=1S/C32H18N6O3.Pt/c1-3-7-21(8-4-1)31-33-25-19-23(11-13-27(25)39-31)37-17-15-29(35-37)41-30-16-18-38(36-30)24-12-14-28-26(20-24)34-32(40-28)22-9-5-2-6-10-22;/h1-10,13-20H;/q-2;+2. The zero-order chi connectivity index (χ0) is 27.2. The molecule has 10 heteroatoms. The number of benzene rings is 4. The maximum atomic E-state index is 5.92. The van der Waals surface area contributed by atoms with Crippen molar-refractivity contribution in [2.75, 3.05) is 0 Å². The number of nitrogens with zero attached hydrogens (tertiary/aromatic N) is 6. The third-order valence-corrected chi connectivity index (χ3v) is 6.48. The van der Waals surface area contributed by atoms with Crippen LogP contribution in [0.1, 0.15) is 0 Å². The molecule has 0 aliphatic carbocycles. The summed E-state index contributed by atoms with van der Waals surface area (Å²) in [6.45, 7) is 0. The van der Waals surface area contributed by atoms with E-state index in [9.17, 15) is 0 Å². The van der Waals surface area contributed by atoms with Gasteiger partial charge in [0.25, 0.3) is 0 Å². The summed E-state index contributed by atoms with van der Waals surface area (Å²) >= 11 is 0. The predicted molar refractivity (Wildman–Crippen MR) is 151 cm³/mol. The van der Waals surface area contributed by atoms with E-state index >= 15 is 0 Å². The Bertz CT molecular complexity index is 1990. The third kappa shape index (κ3) is 4.80. The van der Waals surface area contributed by atoms with Crippen LogP contribution in [0, 0.1) is 12.1 Å². The molecule has 0 aliphatic heterocycles. The minimum absolute atomic E-state index is 0. The van der Waals surface area contributed by atoms with Gasteiger partial charge in [-0.2, -0.15) is 12.1 Å². The van der Waals surface area contributed by atoms with Crippen LogP contribution in [0.25, 0.3) is 56.5 Å². The van der Waals surface area contributed by atoms with E-state index in [4.69, 9.17) is 13.6 Å². The number of hydrogen-bond acceptors (Lipinski definition) is 7. The van der Waals surface area contributed by atoms with E-state index in [1.165, 1.54) is 0 Å². The largest absolute Gasteiger partial charge is 2.00 e. The summed E-state index contributed by atoms with van der Waals surface area (Å²) in [4.78, 5) is 9.25. The molecule has 0 radical (unpaired) electrons. The molecule has 4 aromatic heterocycles. The molecule has 4 heterocycles. The summed E-state index contributed by atoms with van der Waals surface area (Å²) in [6, 6.07) is 36.7. The zero-order valence-electron chi connectivity index (χ0n) is 21.6. The topological polar surface area (TPSA) is 96.9 Å². The molecule has 0 bridgehead atoms. The molecule has 0 amide bonds. The normalized spacial score (nSPS) is 11.1. The maximum Gasteiger partial charge on any atom is 2.00 e. The molecule has 0 fully saturated rings. The van der Waals surface area contributed by atoms with E-state index in [0.29, 0.717) is 57.1 Å². The van der Waals surface area contributed by atoms with Gasteiger partial charge in [-0.1, -0.05) is 36.4 Å². The first-order valence-corrected chi connectivity index (χ1v) is 12.8. The van der Waals surface area contributed by atoms with Crippen molar-refractivity contribution in [3.63, 3.8) is 0 Å². The van der Waals surface area contributed by atoms with Gasteiger partial charge in [0.15, 0.2) is 0 Å². The second-order valence-electron chi connectivity index (χ2n) is 9.20. The van der Waals surface area contributed by atoms with Gasteiger partial charge in [0.2, 0.25) is 23.5 Å². The van der Waals surface area contributed by atoms with Crippen molar-refractivity contribution in [3.05, 3.63) is 122 Å². The van der Waals surface area contributed by atoms with Crippen LogP contribution in [0.15, 0.2) is 118 Å². The van der Waals surface area contributed by atoms with Gasteiger partial charge in [-0.25, -0.2) is 9.97 Å². The molecule has 0 unspecified atom stereocenters. The first-order chi connectivity index (χ1) is 20.2. The Balaban J connectivity index is 0.00000288. The third-order valence-electron chi connectivity index (χ3n) is 6.48. The Morgan fingerprint density at radius 3 is 1.50 bits per heavy atom. The van der Waals surface area contributed by atoms with E-state index in [2.05, 4.69) is 32.3 Å². The molecular formula is C32H18N6O3Pt. The molecule has 0 N–H and O–H groups in total. The SMILES string of the molecule is [Pt+2].[c-]1cc2oc(-c3ccccc3)nc2cc1-n1ccc(Oc2ccn(-c3[c-]cc4oc(-c5ccccc5)nc4c3)n2)n1. The second kappa shape index (κ2) is 10.6. The fraction of sp³-hybridized carbons (Fsp3) is 0. The number of hydrogen-bond donors (Lipinski definition) is 0. The number of ether oxygens (including phenoxy) is 1. The van der Waals surface area contributed by atoms with Crippen molar-refractivity contribution in [1.29, 1.82) is 0 Å². The van der Waals surface area contributed by atoms with Crippen molar-refractivity contribution in [3.8, 4) is 46.0 Å². The molecule has 0 atom stereocenters. The zero-order valence-corrected chi connectivity index (χ0v) is 23.9. The quantitative estimate of drug-likeness (QED) is 0.169. The molecule has 0 saturated heterocycles. The van der Waals surface area contributed by atoms with Gasteiger partial charge in [0.05, 0.1) is 0 Å². The van der Waals surface area contributed by atoms with Crippen molar-refractivity contribution in [2.24, 2.45) is 0 Å². The summed E-state index contributed by atoms with van der Waals surface area (Å²) in [5.41, 5.74) is 5.96. The monoisotopic (exact) mass is 729 g/mol. The Morgan fingerprint density at radius 1 is 0.595 bits per heavy atom. The van der Waals surface area contributed by atoms with Gasteiger partial charge in [0, 0.05) is 57.9 Å². The van der Waals surface area contributed by atoms with E-state index in [1.807, 2.05) is 72.8 Å². The average Bonchev–Trinajstić information content (AvgIpc) is 3.83. The molecule has 0 saturated carbocycles. The van der Waals surface area contributed by atoms with Gasteiger partial charge in [-0.05, 0) is 35.6 Å². The summed E-state index contributed by atoms with van der Waals surface area (Å²) in [6.07, 6.45) is 3.58. The van der Waals surface area contributed by atoms with Crippen LogP contribution in [0.4, 0.5) is 0 Å². The fourth-order valence-electron chi connectivity index (χ4n) is 4.49. The first kappa shape index (κ1) is 25.7. The minimum atomic E-state index is 0. The van der Waals surface area contributed by atoms with Crippen molar-refractivity contribution in [1.82, 2.24) is 29.5 Å². The van der Waals surface area contributed by atoms with E-state index < -0.39 is 0 Å². The molecule has 0 aliphatic rings. The van der Waals surface area contributed by atoms with Gasteiger partial charge >= 0.3 is 21.1 Å². The summed E-state index contributed by atoms with van der Waals surface area (Å²) in [7, 11) is 0. The molecule has 204 valence electrons. The molecule has 0 spiro atoms. The van der Waals surface area contributed by atoms with Gasteiger partial charge in [-0.15, -0.1) is 34.5 Å². The average molecular weight is 730 g/mol. The van der Waals surface area contributed by atoms with E-state index in [-0.39, 0.29) is 21.1 Å². The Kier molecular flexibility index (Phi) is 6.49. The van der Waals surface area contributed by atoms with Gasteiger partial charge in [0.1, 0.15) is 0 Å². The first-order valence-electron chi connectivity index (χ1n) is 12.8. The van der Waals surface area contributed by atoms with Crippen LogP contribution < -0.4 is 4.74 Å². The number of rotatable bonds is 6. The fourth-order valence-corrected chi connectivity index (χ4v) is 4.49. The molecular weight excluding hydrogens is 711 g/mol. The number of aromatic nitrogens is 6. The smallest absolute Gasteiger partial charge is 0.500 e. The van der Waals surface area contributed by atoms with Crippen LogP contribution in [-0.4, -0.2) is 29.5 Å². The second-order valence-corrected chi connectivity index (χ2v) is 9.20. The van der Waals surface area contributed by atoms with E-state index in [1.54, 1.807) is 46.0 Å². The van der Waals surface area contributed by atoms with Crippen LogP contribution in [-0.2, 0) is 21.1 Å². The van der Waals surface area contributed by atoms with Crippen molar-refractivity contribution in [2.45, 2.75) is 0 Å². The summed E-state index contributed by atoms with van der Waals surface area (Å²) in [5, 5.41) is 9.05. The minimum Gasteiger partial charge on any atom is -0.500 e.